The van der Waals surface area contributed by atoms with E-state index in [9.17, 15) is 14.7 Å². The van der Waals surface area contributed by atoms with E-state index in [0.717, 1.165) is 17.7 Å². The van der Waals surface area contributed by atoms with Crippen LogP contribution < -0.4 is 15.5 Å². The molecule has 3 N–H and O–H groups in total. The molecule has 2 unspecified atom stereocenters. The van der Waals surface area contributed by atoms with Crippen molar-refractivity contribution in [3.8, 4) is 0 Å². The molecule has 1 aromatic heterocycles. The molecule has 222 valence electrons. The highest BCUT2D eigenvalue weighted by Gasteiger charge is 2.49. The first-order valence-electron chi connectivity index (χ1n) is 14.6. The van der Waals surface area contributed by atoms with Gasteiger partial charge in [0.2, 0.25) is 5.91 Å². The highest BCUT2D eigenvalue weighted by Crippen LogP contribution is 2.38. The van der Waals surface area contributed by atoms with Crippen molar-refractivity contribution in [3.05, 3.63) is 94.6 Å². The molecular weight excluding hydrogens is 550 g/mol. The summed E-state index contributed by atoms with van der Waals surface area (Å²) in [5.74, 6) is 1.32. The maximum Gasteiger partial charge on any atom is 0.251 e. The Bertz CT molecular complexity index is 1400. The third-order valence-electron chi connectivity index (χ3n) is 8.49. The maximum absolute atomic E-state index is 13.7. The Morgan fingerprint density at radius 3 is 2.38 bits per heavy atom. The van der Waals surface area contributed by atoms with Gasteiger partial charge < -0.3 is 20.2 Å². The zero-order valence-corrected chi connectivity index (χ0v) is 25.4. The van der Waals surface area contributed by atoms with Crippen LogP contribution in [0.25, 0.3) is 0 Å². The Balaban J connectivity index is 1.37. The van der Waals surface area contributed by atoms with Gasteiger partial charge in [-0.05, 0) is 61.8 Å². The number of aliphatic hydroxyl groups is 1. The molecule has 1 saturated carbocycles. The average Bonchev–Trinajstić information content (AvgIpc) is 3.61. The highest BCUT2D eigenvalue weighted by molar-refractivity contribution is 6.30. The van der Waals surface area contributed by atoms with Gasteiger partial charge in [-0.1, -0.05) is 79.2 Å². The first-order chi connectivity index (χ1) is 20.0. The molecule has 9 heteroatoms. The number of nitrogens with one attached hydrogen (secondary N) is 2. The normalized spacial score (nSPS) is 22.5. The molecule has 2 aliphatic rings. The Hall–Kier alpha value is -3.46. The molecule has 2 aromatic carbocycles. The van der Waals surface area contributed by atoms with Crippen LogP contribution in [0.1, 0.15) is 48.7 Å². The van der Waals surface area contributed by atoms with Crippen LogP contribution in [0, 0.1) is 11.8 Å². The fourth-order valence-electron chi connectivity index (χ4n) is 5.75. The predicted molar refractivity (Wildman–Crippen MR) is 165 cm³/mol. The van der Waals surface area contributed by atoms with E-state index in [2.05, 4.69) is 22.5 Å². The summed E-state index contributed by atoms with van der Waals surface area (Å²) < 4.78 is 0. The predicted octanol–water partition coefficient (Wildman–Crippen LogP) is 4.27. The summed E-state index contributed by atoms with van der Waals surface area (Å²) >= 11 is 6.36. The lowest BCUT2D eigenvalue weighted by molar-refractivity contribution is -0.134. The Morgan fingerprint density at radius 1 is 1.14 bits per heavy atom. The van der Waals surface area contributed by atoms with Crippen molar-refractivity contribution in [3.63, 3.8) is 0 Å². The van der Waals surface area contributed by atoms with Crippen LogP contribution in [-0.2, 0) is 17.8 Å². The van der Waals surface area contributed by atoms with E-state index in [0.29, 0.717) is 36.2 Å². The van der Waals surface area contributed by atoms with E-state index in [-0.39, 0.29) is 17.0 Å². The summed E-state index contributed by atoms with van der Waals surface area (Å²) in [6, 6.07) is 21.0. The first kappa shape index (κ1) is 30.0. The van der Waals surface area contributed by atoms with E-state index >= 15 is 0 Å². The second-order valence-electron chi connectivity index (χ2n) is 12.2. The van der Waals surface area contributed by atoms with Gasteiger partial charge in [0.05, 0.1) is 17.8 Å². The Morgan fingerprint density at radius 2 is 1.76 bits per heavy atom. The molecule has 2 amide bonds. The van der Waals surface area contributed by atoms with E-state index in [1.54, 1.807) is 11.0 Å². The van der Waals surface area contributed by atoms with Crippen LogP contribution in [0.4, 0.5) is 5.82 Å². The highest BCUT2D eigenvalue weighted by atomic mass is 35.5. The number of nitrogens with zero attached hydrogens (tertiary/aromatic N) is 3. The van der Waals surface area contributed by atoms with Crippen LogP contribution in [0.5, 0.6) is 0 Å². The molecule has 3 aromatic rings. The SMILES string of the molecule is C[C@H]1C[C@@H]1CN(C)c1cc(C(=O)N[C@@H](Cc2ccccc2)C(O)C2NC(C)(C)N(Cc3ccccc3)C2=O)cc(Cl)n1. The molecule has 1 saturated heterocycles. The van der Waals surface area contributed by atoms with Crippen LogP contribution in [-0.4, -0.2) is 64.2 Å². The van der Waals surface area contributed by atoms with Crippen molar-refractivity contribution in [2.24, 2.45) is 11.8 Å². The smallest absolute Gasteiger partial charge is 0.251 e. The molecule has 0 bridgehead atoms. The van der Waals surface area contributed by atoms with Gasteiger partial charge in [-0.15, -0.1) is 0 Å². The molecule has 5 atom stereocenters. The number of aromatic nitrogens is 1. The minimum absolute atomic E-state index is 0.214. The number of pyridine rings is 1. The van der Waals surface area contributed by atoms with Gasteiger partial charge in [0, 0.05) is 25.7 Å². The molecule has 5 rings (SSSR count). The number of halogens is 1. The second kappa shape index (κ2) is 12.4. The summed E-state index contributed by atoms with van der Waals surface area (Å²) in [4.78, 5) is 35.6. The van der Waals surface area contributed by atoms with Crippen molar-refractivity contribution >= 4 is 29.2 Å². The third-order valence-corrected chi connectivity index (χ3v) is 8.68. The molecule has 0 spiro atoms. The average molecular weight is 590 g/mol. The molecule has 2 fully saturated rings. The minimum Gasteiger partial charge on any atom is -0.389 e. The number of hydrogen-bond donors (Lipinski definition) is 3. The number of rotatable bonds is 11. The van der Waals surface area contributed by atoms with Gasteiger partial charge in [-0.25, -0.2) is 4.98 Å². The number of anilines is 1. The van der Waals surface area contributed by atoms with E-state index in [4.69, 9.17) is 11.6 Å². The summed E-state index contributed by atoms with van der Waals surface area (Å²) in [7, 11) is 1.95. The van der Waals surface area contributed by atoms with Crippen molar-refractivity contribution in [1.82, 2.24) is 20.5 Å². The summed E-state index contributed by atoms with van der Waals surface area (Å²) in [5.41, 5.74) is 1.58. The van der Waals surface area contributed by atoms with Gasteiger partial charge in [0.25, 0.3) is 5.91 Å². The lowest BCUT2D eigenvalue weighted by atomic mass is 9.95. The monoisotopic (exact) mass is 589 g/mol. The zero-order chi connectivity index (χ0) is 30.0. The number of hydrogen-bond acceptors (Lipinski definition) is 6. The molecule has 42 heavy (non-hydrogen) atoms. The molecule has 1 aliphatic carbocycles. The topological polar surface area (TPSA) is 97.8 Å². The van der Waals surface area contributed by atoms with Gasteiger partial charge in [0.1, 0.15) is 17.0 Å². The number of carbonyl (C=O) groups is 2. The van der Waals surface area contributed by atoms with Crippen molar-refractivity contribution in [2.75, 3.05) is 18.5 Å². The van der Waals surface area contributed by atoms with Gasteiger partial charge in [0.15, 0.2) is 0 Å². The van der Waals surface area contributed by atoms with Crippen molar-refractivity contribution < 1.29 is 14.7 Å². The lowest BCUT2D eigenvalue weighted by Gasteiger charge is -2.31. The van der Waals surface area contributed by atoms with E-state index < -0.39 is 23.9 Å². The summed E-state index contributed by atoms with van der Waals surface area (Å²) in [6.45, 7) is 7.32. The van der Waals surface area contributed by atoms with Crippen LogP contribution in [0.2, 0.25) is 5.15 Å². The standard InChI is InChI=1S/C33H40ClN5O3/c1-21-15-25(21)20-38(4)28-18-24(17-27(34)36-28)31(41)35-26(16-22-11-7-5-8-12-22)30(40)29-32(42)39(33(2,3)37-29)19-23-13-9-6-10-14-23/h5-14,17-18,21,25-26,29-30,37,40H,15-16,19-20H2,1-4H3,(H,35,41)/t21-,25+,26-,29?,30?/m0/s1. The van der Waals surface area contributed by atoms with Gasteiger partial charge in [-0.3, -0.25) is 14.9 Å². The summed E-state index contributed by atoms with van der Waals surface area (Å²) in [5, 5.41) is 18.3. The number of amides is 2. The zero-order valence-electron chi connectivity index (χ0n) is 24.6. The minimum atomic E-state index is -1.20. The van der Waals surface area contributed by atoms with Crippen molar-refractivity contribution in [2.45, 2.75) is 64.0 Å². The van der Waals surface area contributed by atoms with Gasteiger partial charge in [-0.2, -0.15) is 0 Å². The Labute approximate surface area is 253 Å². The molecule has 0 radical (unpaired) electrons. The maximum atomic E-state index is 13.7. The van der Waals surface area contributed by atoms with Crippen molar-refractivity contribution in [1.29, 1.82) is 0 Å². The van der Waals surface area contributed by atoms with E-state index in [1.807, 2.05) is 86.5 Å². The number of carbonyl (C=O) groups excluding carboxylic acids is 2. The summed E-state index contributed by atoms with van der Waals surface area (Å²) in [6.07, 6.45) is 0.325. The largest absolute Gasteiger partial charge is 0.389 e. The molecular formula is C33H40ClN5O3. The number of benzene rings is 2. The fourth-order valence-corrected chi connectivity index (χ4v) is 5.96. The van der Waals surface area contributed by atoms with Crippen LogP contribution >= 0.6 is 11.6 Å². The molecule has 8 nitrogen and oxygen atoms in total. The fraction of sp³-hybridized carbons (Fsp3) is 0.424. The quantitative estimate of drug-likeness (QED) is 0.289. The molecule has 2 heterocycles. The van der Waals surface area contributed by atoms with Gasteiger partial charge >= 0.3 is 0 Å². The molecule has 1 aliphatic heterocycles. The first-order valence-corrected chi connectivity index (χ1v) is 14.9. The van der Waals surface area contributed by atoms with Crippen LogP contribution in [0.3, 0.4) is 0 Å². The third kappa shape index (κ3) is 6.94. The second-order valence-corrected chi connectivity index (χ2v) is 12.6. The number of aliphatic hydroxyl groups excluding tert-OH is 1. The van der Waals surface area contributed by atoms with Crippen LogP contribution in [0.15, 0.2) is 72.8 Å². The Kier molecular flexibility index (Phi) is 8.87. The van der Waals surface area contributed by atoms with E-state index in [1.165, 1.54) is 12.5 Å². The lowest BCUT2D eigenvalue weighted by Crippen LogP contribution is -2.55.